The Morgan fingerprint density at radius 2 is 1.71 bits per heavy atom. The number of halogens is 1. The van der Waals surface area contributed by atoms with Crippen LogP contribution in [0.4, 0.5) is 11.6 Å². The lowest BCUT2D eigenvalue weighted by atomic mass is 10.1. The van der Waals surface area contributed by atoms with E-state index in [0.717, 1.165) is 5.56 Å². The van der Waals surface area contributed by atoms with Crippen LogP contribution in [0, 0.1) is 6.92 Å². The van der Waals surface area contributed by atoms with Gasteiger partial charge in [-0.15, -0.1) is 0 Å². The van der Waals surface area contributed by atoms with Gasteiger partial charge in [0, 0.05) is 16.3 Å². The lowest BCUT2D eigenvalue weighted by molar-refractivity contribution is 0.415. The van der Waals surface area contributed by atoms with Crippen molar-refractivity contribution >= 4 is 33.0 Å². The Morgan fingerprint density at radius 1 is 1.00 bits per heavy atom. The maximum atomic E-state index is 13.3. The molecule has 0 aliphatic carbocycles. The van der Waals surface area contributed by atoms with E-state index in [-0.39, 0.29) is 21.7 Å². The van der Waals surface area contributed by atoms with Crippen molar-refractivity contribution in [3.8, 4) is 17.2 Å². The summed E-state index contributed by atoms with van der Waals surface area (Å²) in [6, 6.07) is 20.4. The average Bonchev–Trinajstić information content (AvgIpc) is 3.19. The van der Waals surface area contributed by atoms with Crippen LogP contribution < -0.4 is 10.1 Å². The van der Waals surface area contributed by atoms with Gasteiger partial charge < -0.3 is 14.5 Å². The van der Waals surface area contributed by atoms with E-state index in [2.05, 4.69) is 10.3 Å². The summed E-state index contributed by atoms with van der Waals surface area (Å²) >= 11 is 5.92. The number of anilines is 2. The third kappa shape index (κ3) is 4.42. The van der Waals surface area contributed by atoms with Crippen LogP contribution in [0.2, 0.25) is 5.02 Å². The fourth-order valence-electron chi connectivity index (χ4n) is 3.00. The molecule has 0 atom stereocenters. The predicted molar refractivity (Wildman–Crippen MR) is 120 cm³/mol. The van der Waals surface area contributed by atoms with E-state index in [1.165, 1.54) is 24.3 Å². The van der Waals surface area contributed by atoms with Gasteiger partial charge in [0.15, 0.2) is 0 Å². The van der Waals surface area contributed by atoms with Crippen LogP contribution in [0.5, 0.6) is 5.75 Å². The molecular formula is C23H19ClN2O4S. The van der Waals surface area contributed by atoms with Gasteiger partial charge in [0.05, 0.1) is 12.0 Å². The minimum absolute atomic E-state index is 0.0247. The summed E-state index contributed by atoms with van der Waals surface area (Å²) in [4.78, 5) is 4.42. The van der Waals surface area contributed by atoms with Crippen LogP contribution in [0.15, 0.2) is 87.1 Å². The largest absolute Gasteiger partial charge is 0.497 e. The number of sulfone groups is 1. The molecule has 4 aromatic rings. The molecule has 4 rings (SSSR count). The molecule has 1 N–H and O–H groups in total. The normalized spacial score (nSPS) is 11.3. The van der Waals surface area contributed by atoms with Gasteiger partial charge in [-0.3, -0.25) is 0 Å². The monoisotopic (exact) mass is 454 g/mol. The number of benzene rings is 3. The van der Waals surface area contributed by atoms with Crippen LogP contribution in [0.1, 0.15) is 5.56 Å². The first-order valence-electron chi connectivity index (χ1n) is 9.36. The number of nitrogens with one attached hydrogen (secondary N) is 1. The Hall–Kier alpha value is -3.29. The molecular weight excluding hydrogens is 436 g/mol. The van der Waals surface area contributed by atoms with Gasteiger partial charge in [0.1, 0.15) is 5.75 Å². The molecule has 0 saturated carbocycles. The highest BCUT2D eigenvalue weighted by molar-refractivity contribution is 7.91. The highest BCUT2D eigenvalue weighted by atomic mass is 35.5. The molecule has 0 aliphatic rings. The summed E-state index contributed by atoms with van der Waals surface area (Å²) in [5.41, 5.74) is 2.30. The van der Waals surface area contributed by atoms with E-state index in [1.807, 2.05) is 31.2 Å². The topological polar surface area (TPSA) is 81.4 Å². The van der Waals surface area contributed by atoms with E-state index in [0.29, 0.717) is 22.0 Å². The summed E-state index contributed by atoms with van der Waals surface area (Å²) in [7, 11) is -2.39. The fraction of sp³-hybridized carbons (Fsp3) is 0.0870. The number of oxazole rings is 1. The highest BCUT2D eigenvalue weighted by Gasteiger charge is 2.29. The van der Waals surface area contributed by atoms with Crippen LogP contribution in [0.25, 0.3) is 11.5 Å². The van der Waals surface area contributed by atoms with Gasteiger partial charge in [-0.1, -0.05) is 29.3 Å². The second-order valence-electron chi connectivity index (χ2n) is 6.83. The summed E-state index contributed by atoms with van der Waals surface area (Å²) < 4.78 is 37.7. The van der Waals surface area contributed by atoms with Crippen molar-refractivity contribution in [3.05, 3.63) is 83.4 Å². The molecule has 0 spiro atoms. The zero-order valence-electron chi connectivity index (χ0n) is 16.8. The maximum Gasteiger partial charge on any atom is 0.238 e. The molecule has 1 aromatic heterocycles. The zero-order valence-corrected chi connectivity index (χ0v) is 18.4. The van der Waals surface area contributed by atoms with Gasteiger partial charge in [0.25, 0.3) is 0 Å². The van der Waals surface area contributed by atoms with E-state index < -0.39 is 9.84 Å². The third-order valence-corrected chi connectivity index (χ3v) is 6.52. The molecule has 6 nitrogen and oxygen atoms in total. The highest BCUT2D eigenvalue weighted by Crippen LogP contribution is 2.34. The zero-order chi connectivity index (χ0) is 22.0. The van der Waals surface area contributed by atoms with Crippen LogP contribution in [0.3, 0.4) is 0 Å². The first kappa shape index (κ1) is 21.0. The van der Waals surface area contributed by atoms with Crippen molar-refractivity contribution in [3.63, 3.8) is 0 Å². The maximum absolute atomic E-state index is 13.3. The number of rotatable bonds is 6. The predicted octanol–water partition coefficient (Wildman–Crippen LogP) is 5.89. The number of methoxy groups -OCH3 is 1. The average molecular weight is 455 g/mol. The van der Waals surface area contributed by atoms with E-state index >= 15 is 0 Å². The summed E-state index contributed by atoms with van der Waals surface area (Å²) in [6.45, 7) is 1.94. The quantitative estimate of drug-likeness (QED) is 0.391. The molecule has 0 bridgehead atoms. The van der Waals surface area contributed by atoms with Crippen molar-refractivity contribution in [2.75, 3.05) is 12.4 Å². The Bertz CT molecular complexity index is 1310. The number of hydrogen-bond acceptors (Lipinski definition) is 6. The molecule has 1 heterocycles. The molecule has 0 unspecified atom stereocenters. The van der Waals surface area contributed by atoms with Crippen molar-refractivity contribution in [2.24, 2.45) is 0 Å². The SMILES string of the molecule is COc1ccc(Nc2oc(-c3cccc(C)c3)nc2S(=O)(=O)c2ccc(Cl)cc2)cc1. The van der Waals surface area contributed by atoms with Crippen molar-refractivity contribution in [1.29, 1.82) is 0 Å². The number of ether oxygens (including phenoxy) is 1. The Balaban J connectivity index is 1.82. The first-order valence-corrected chi connectivity index (χ1v) is 11.2. The molecule has 3 aromatic carbocycles. The van der Waals surface area contributed by atoms with Crippen molar-refractivity contribution in [1.82, 2.24) is 4.98 Å². The Labute approximate surface area is 185 Å². The molecule has 0 radical (unpaired) electrons. The van der Waals surface area contributed by atoms with Gasteiger partial charge in [-0.2, -0.15) is 4.98 Å². The van der Waals surface area contributed by atoms with Crippen LogP contribution in [-0.4, -0.2) is 20.5 Å². The van der Waals surface area contributed by atoms with Gasteiger partial charge >= 0.3 is 0 Å². The molecule has 0 aliphatic heterocycles. The van der Waals surface area contributed by atoms with Gasteiger partial charge in [-0.05, 0) is 67.6 Å². The lowest BCUT2D eigenvalue weighted by Crippen LogP contribution is -2.05. The number of hydrogen-bond donors (Lipinski definition) is 1. The summed E-state index contributed by atoms with van der Waals surface area (Å²) in [6.07, 6.45) is 0. The molecule has 31 heavy (non-hydrogen) atoms. The molecule has 0 saturated heterocycles. The minimum Gasteiger partial charge on any atom is -0.497 e. The number of aryl methyl sites for hydroxylation is 1. The van der Waals surface area contributed by atoms with E-state index in [4.69, 9.17) is 20.8 Å². The second-order valence-corrected chi connectivity index (χ2v) is 9.14. The van der Waals surface area contributed by atoms with Gasteiger partial charge in [-0.25, -0.2) is 8.42 Å². The van der Waals surface area contributed by atoms with E-state index in [1.54, 1.807) is 31.4 Å². The van der Waals surface area contributed by atoms with Crippen LogP contribution >= 0.6 is 11.6 Å². The lowest BCUT2D eigenvalue weighted by Gasteiger charge is -2.07. The summed E-state index contributed by atoms with van der Waals surface area (Å²) in [5.74, 6) is 0.904. The molecule has 0 fully saturated rings. The van der Waals surface area contributed by atoms with Crippen molar-refractivity contribution < 1.29 is 17.6 Å². The fourth-order valence-corrected chi connectivity index (χ4v) is 4.38. The number of aromatic nitrogens is 1. The van der Waals surface area contributed by atoms with E-state index in [9.17, 15) is 8.42 Å². The third-order valence-electron chi connectivity index (χ3n) is 4.59. The number of nitrogens with zero attached hydrogens (tertiary/aromatic N) is 1. The summed E-state index contributed by atoms with van der Waals surface area (Å²) in [5, 5.41) is 3.26. The van der Waals surface area contributed by atoms with Crippen LogP contribution in [-0.2, 0) is 9.84 Å². The minimum atomic E-state index is -3.97. The standard InChI is InChI=1S/C23H19ClN2O4S/c1-15-4-3-5-16(14-15)21-26-23(31(27,28)20-12-6-17(24)7-13-20)22(30-21)25-18-8-10-19(29-2)11-9-18/h3-14,25H,1-2H3. The first-order chi connectivity index (χ1) is 14.9. The molecule has 8 heteroatoms. The molecule has 158 valence electrons. The second kappa shape index (κ2) is 8.45. The molecule has 0 amide bonds. The van der Waals surface area contributed by atoms with Gasteiger partial charge in [0.2, 0.25) is 26.6 Å². The Morgan fingerprint density at radius 3 is 2.35 bits per heavy atom. The van der Waals surface area contributed by atoms with Crippen molar-refractivity contribution in [2.45, 2.75) is 16.8 Å². The smallest absolute Gasteiger partial charge is 0.238 e. The Kier molecular flexibility index (Phi) is 5.71.